The summed E-state index contributed by atoms with van der Waals surface area (Å²) >= 11 is 1.65. The number of aryl methyl sites for hydroxylation is 2. The molecule has 5 heteroatoms. The van der Waals surface area contributed by atoms with Gasteiger partial charge in [-0.2, -0.15) is 0 Å². The zero-order valence-corrected chi connectivity index (χ0v) is 11.6. The zero-order chi connectivity index (χ0) is 13.0. The molecule has 0 atom stereocenters. The van der Waals surface area contributed by atoms with Crippen LogP contribution in [-0.4, -0.2) is 40.1 Å². The highest BCUT2D eigenvalue weighted by Gasteiger charge is 2.31. The van der Waals surface area contributed by atoms with Crippen LogP contribution in [0, 0.1) is 6.92 Å². The molecule has 0 saturated heterocycles. The zero-order valence-electron chi connectivity index (χ0n) is 10.8. The first-order chi connectivity index (χ1) is 8.70. The minimum Gasteiger partial charge on any atom is -0.395 e. The van der Waals surface area contributed by atoms with E-state index in [0.29, 0.717) is 19.0 Å². The molecular weight excluding hydrogens is 248 g/mol. The van der Waals surface area contributed by atoms with E-state index in [2.05, 4.69) is 10.4 Å². The monoisotopic (exact) mass is 268 g/mol. The van der Waals surface area contributed by atoms with Gasteiger partial charge in [0, 0.05) is 24.4 Å². The predicted octanol–water partition coefficient (Wildman–Crippen LogP) is 1.76. The van der Waals surface area contributed by atoms with Crippen molar-refractivity contribution >= 4 is 17.2 Å². The Morgan fingerprint density at radius 3 is 2.94 bits per heavy atom. The second kappa shape index (κ2) is 6.29. The molecule has 1 saturated carbocycles. The predicted molar refractivity (Wildman–Crippen MR) is 71.6 cm³/mol. The molecule has 1 fully saturated rings. The second-order valence-corrected chi connectivity index (χ2v) is 5.82. The van der Waals surface area contributed by atoms with Crippen LogP contribution in [0.5, 0.6) is 0 Å². The number of aliphatic hydroxyl groups excluding tert-OH is 1. The van der Waals surface area contributed by atoms with E-state index in [-0.39, 0.29) is 12.5 Å². The molecular formula is C13H20N2O2S. The van der Waals surface area contributed by atoms with Crippen LogP contribution in [-0.2, 0) is 11.2 Å². The topological polar surface area (TPSA) is 53.4 Å². The van der Waals surface area contributed by atoms with Crippen molar-refractivity contribution in [2.24, 2.45) is 0 Å². The Hall–Kier alpha value is -0.940. The fraction of sp³-hybridized carbons (Fsp3) is 0.692. The number of aromatic nitrogens is 1. The summed E-state index contributed by atoms with van der Waals surface area (Å²) in [5, 5.41) is 12.1. The average Bonchev–Trinajstić information content (AvgIpc) is 3.10. The summed E-state index contributed by atoms with van der Waals surface area (Å²) in [6.45, 7) is 2.54. The molecule has 0 radical (unpaired) electrons. The fourth-order valence-corrected chi connectivity index (χ4v) is 2.74. The summed E-state index contributed by atoms with van der Waals surface area (Å²) in [5.74, 6) is 0.179. The van der Waals surface area contributed by atoms with Gasteiger partial charge in [-0.3, -0.25) is 4.79 Å². The Kier molecular flexibility index (Phi) is 4.72. The van der Waals surface area contributed by atoms with E-state index in [1.165, 1.54) is 0 Å². The van der Waals surface area contributed by atoms with Crippen LogP contribution < -0.4 is 0 Å². The lowest BCUT2D eigenvalue weighted by atomic mass is 10.2. The lowest BCUT2D eigenvalue weighted by Gasteiger charge is -2.21. The first-order valence-electron chi connectivity index (χ1n) is 6.52. The van der Waals surface area contributed by atoms with Crippen molar-refractivity contribution in [1.29, 1.82) is 0 Å². The highest BCUT2D eigenvalue weighted by Crippen LogP contribution is 2.27. The molecule has 2 rings (SSSR count). The first-order valence-corrected chi connectivity index (χ1v) is 7.40. The highest BCUT2D eigenvalue weighted by molar-refractivity contribution is 7.09. The largest absolute Gasteiger partial charge is 0.395 e. The maximum Gasteiger partial charge on any atom is 0.222 e. The number of carbonyl (C=O) groups excluding carboxylic acids is 1. The lowest BCUT2D eigenvalue weighted by Crippen LogP contribution is -2.35. The Labute approximate surface area is 112 Å². The van der Waals surface area contributed by atoms with Crippen molar-refractivity contribution in [3.05, 3.63) is 16.1 Å². The van der Waals surface area contributed by atoms with E-state index < -0.39 is 0 Å². The van der Waals surface area contributed by atoms with Gasteiger partial charge >= 0.3 is 0 Å². The van der Waals surface area contributed by atoms with Crippen LogP contribution in [0.25, 0.3) is 0 Å². The van der Waals surface area contributed by atoms with E-state index in [0.717, 1.165) is 36.4 Å². The average molecular weight is 268 g/mol. The summed E-state index contributed by atoms with van der Waals surface area (Å²) in [5.41, 5.74) is 1.09. The minimum absolute atomic E-state index is 0.0630. The van der Waals surface area contributed by atoms with Gasteiger partial charge in [-0.25, -0.2) is 4.98 Å². The van der Waals surface area contributed by atoms with Gasteiger partial charge in [0.25, 0.3) is 0 Å². The third-order valence-corrected chi connectivity index (χ3v) is 3.96. The van der Waals surface area contributed by atoms with Crippen LogP contribution in [0.1, 0.15) is 36.4 Å². The SMILES string of the molecule is Cc1nc(CCCC(=O)N(CCO)C2CC2)cs1. The Morgan fingerprint density at radius 1 is 1.61 bits per heavy atom. The van der Waals surface area contributed by atoms with Gasteiger partial charge in [-0.1, -0.05) is 0 Å². The van der Waals surface area contributed by atoms with Crippen LogP contribution in [0.15, 0.2) is 5.38 Å². The summed E-state index contributed by atoms with van der Waals surface area (Å²) in [7, 11) is 0. The number of aliphatic hydroxyl groups is 1. The third-order valence-electron chi connectivity index (χ3n) is 3.14. The number of amides is 1. The number of rotatable bonds is 7. The molecule has 0 aromatic carbocycles. The van der Waals surface area contributed by atoms with E-state index in [4.69, 9.17) is 5.11 Å². The molecule has 1 aromatic rings. The van der Waals surface area contributed by atoms with E-state index >= 15 is 0 Å². The van der Waals surface area contributed by atoms with Crippen LogP contribution in [0.2, 0.25) is 0 Å². The molecule has 18 heavy (non-hydrogen) atoms. The smallest absolute Gasteiger partial charge is 0.222 e. The van der Waals surface area contributed by atoms with Gasteiger partial charge in [0.15, 0.2) is 0 Å². The molecule has 0 spiro atoms. The molecule has 1 aliphatic carbocycles. The summed E-state index contributed by atoms with van der Waals surface area (Å²) in [6, 6.07) is 0.395. The molecule has 100 valence electrons. The van der Waals surface area contributed by atoms with Crippen LogP contribution in [0.4, 0.5) is 0 Å². The molecule has 4 nitrogen and oxygen atoms in total. The number of carbonyl (C=O) groups is 1. The van der Waals surface area contributed by atoms with E-state index in [9.17, 15) is 4.79 Å². The van der Waals surface area contributed by atoms with Crippen LogP contribution >= 0.6 is 11.3 Å². The normalized spacial score (nSPS) is 14.8. The van der Waals surface area contributed by atoms with Crippen LogP contribution in [0.3, 0.4) is 0 Å². The van der Waals surface area contributed by atoms with Gasteiger partial charge in [0.05, 0.1) is 17.3 Å². The molecule has 1 aliphatic rings. The minimum atomic E-state index is 0.0630. The molecule has 0 bridgehead atoms. The Bertz CT molecular complexity index is 401. The highest BCUT2D eigenvalue weighted by atomic mass is 32.1. The maximum atomic E-state index is 12.0. The molecule has 1 aromatic heterocycles. The van der Waals surface area contributed by atoms with Gasteiger partial charge in [-0.15, -0.1) is 11.3 Å². The van der Waals surface area contributed by atoms with Crippen molar-refractivity contribution in [3.63, 3.8) is 0 Å². The second-order valence-electron chi connectivity index (χ2n) is 4.75. The van der Waals surface area contributed by atoms with Gasteiger partial charge in [-0.05, 0) is 32.6 Å². The van der Waals surface area contributed by atoms with Crippen molar-refractivity contribution in [1.82, 2.24) is 9.88 Å². The number of hydrogen-bond acceptors (Lipinski definition) is 4. The standard InChI is InChI=1S/C13H20N2O2S/c1-10-14-11(9-18-10)3-2-4-13(17)15(7-8-16)12-5-6-12/h9,12,16H,2-8H2,1H3. The molecule has 1 N–H and O–H groups in total. The Morgan fingerprint density at radius 2 is 2.39 bits per heavy atom. The van der Waals surface area contributed by atoms with Gasteiger partial charge in [0.1, 0.15) is 0 Å². The first kappa shape index (κ1) is 13.5. The maximum absolute atomic E-state index is 12.0. The number of hydrogen-bond donors (Lipinski definition) is 1. The lowest BCUT2D eigenvalue weighted by molar-refractivity contribution is -0.132. The summed E-state index contributed by atoms with van der Waals surface area (Å²) in [4.78, 5) is 18.2. The number of nitrogens with zero attached hydrogens (tertiary/aromatic N) is 2. The quantitative estimate of drug-likeness (QED) is 0.820. The van der Waals surface area contributed by atoms with Crippen molar-refractivity contribution in [3.8, 4) is 0 Å². The van der Waals surface area contributed by atoms with E-state index in [1.807, 2.05) is 11.8 Å². The molecule has 1 heterocycles. The van der Waals surface area contributed by atoms with Crippen molar-refractivity contribution in [2.45, 2.75) is 45.1 Å². The fourth-order valence-electron chi connectivity index (χ4n) is 2.09. The van der Waals surface area contributed by atoms with E-state index in [1.54, 1.807) is 11.3 Å². The summed E-state index contributed by atoms with van der Waals surface area (Å²) in [6.07, 6.45) is 4.46. The van der Waals surface area contributed by atoms with Crippen molar-refractivity contribution in [2.75, 3.05) is 13.2 Å². The third kappa shape index (κ3) is 3.78. The Balaban J connectivity index is 1.73. The summed E-state index contributed by atoms with van der Waals surface area (Å²) < 4.78 is 0. The number of thiazole rings is 1. The molecule has 0 unspecified atom stereocenters. The van der Waals surface area contributed by atoms with Gasteiger partial charge < -0.3 is 10.0 Å². The van der Waals surface area contributed by atoms with Gasteiger partial charge in [0.2, 0.25) is 5.91 Å². The molecule has 0 aliphatic heterocycles. The van der Waals surface area contributed by atoms with Crippen molar-refractivity contribution < 1.29 is 9.90 Å². The molecule has 1 amide bonds.